The van der Waals surface area contributed by atoms with Crippen molar-refractivity contribution in [2.24, 2.45) is 13.0 Å². The van der Waals surface area contributed by atoms with E-state index >= 15 is 0 Å². The van der Waals surface area contributed by atoms with Crippen LogP contribution in [-0.4, -0.2) is 20.7 Å². The molecule has 6 nitrogen and oxygen atoms in total. The minimum Gasteiger partial charge on any atom is -0.362 e. The lowest BCUT2D eigenvalue weighted by atomic mass is 10.1. The van der Waals surface area contributed by atoms with Crippen LogP contribution in [0.15, 0.2) is 0 Å². The molecule has 0 radical (unpaired) electrons. The van der Waals surface area contributed by atoms with Crippen molar-refractivity contribution in [3.05, 3.63) is 15.8 Å². The topological polar surface area (TPSA) is 73.0 Å². The number of aryl methyl sites for hydroxylation is 1. The van der Waals surface area contributed by atoms with Crippen LogP contribution < -0.4 is 5.32 Å². The Kier molecular flexibility index (Phi) is 2.81. The second-order valence-corrected chi connectivity index (χ2v) is 5.08. The van der Waals surface area contributed by atoms with Gasteiger partial charge in [0.05, 0.1) is 4.92 Å². The molecule has 0 spiro atoms. The summed E-state index contributed by atoms with van der Waals surface area (Å²) in [6.45, 7) is 5.96. The van der Waals surface area contributed by atoms with E-state index in [9.17, 15) is 10.1 Å². The molecule has 0 saturated heterocycles. The summed E-state index contributed by atoms with van der Waals surface area (Å²) < 4.78 is 1.58. The van der Waals surface area contributed by atoms with Crippen molar-refractivity contribution in [2.45, 2.75) is 39.2 Å². The normalized spacial score (nSPS) is 22.9. The monoisotopic (exact) mass is 238 g/mol. The lowest BCUT2D eigenvalue weighted by Gasteiger charge is -2.04. The maximum atomic E-state index is 11.2. The predicted octanol–water partition coefficient (Wildman–Crippen LogP) is 2.27. The summed E-state index contributed by atoms with van der Waals surface area (Å²) in [6.07, 6.45) is 1.07. The molecule has 1 aromatic heterocycles. The molecule has 1 fully saturated rings. The van der Waals surface area contributed by atoms with Gasteiger partial charge in [0.15, 0.2) is 0 Å². The Balaban J connectivity index is 2.38. The number of nitrogens with one attached hydrogen (secondary N) is 1. The summed E-state index contributed by atoms with van der Waals surface area (Å²) in [5, 5.41) is 18.6. The van der Waals surface area contributed by atoms with Crippen molar-refractivity contribution in [2.75, 3.05) is 5.32 Å². The van der Waals surface area contributed by atoms with E-state index in [1.54, 1.807) is 11.7 Å². The fourth-order valence-electron chi connectivity index (χ4n) is 1.96. The van der Waals surface area contributed by atoms with Gasteiger partial charge in [0, 0.05) is 19.0 Å². The van der Waals surface area contributed by atoms with Crippen LogP contribution >= 0.6 is 0 Å². The maximum absolute atomic E-state index is 11.2. The highest BCUT2D eigenvalue weighted by atomic mass is 16.6. The Morgan fingerprint density at radius 2 is 2.18 bits per heavy atom. The standard InChI is InChI=1S/C11H18N4O2/c1-6(2)9-10(15(16)17)11(14(4)13-9)12-8-5-7(8)3/h6-8,12H,5H2,1-4H3. The zero-order chi connectivity index (χ0) is 12.7. The number of rotatable bonds is 4. The van der Waals surface area contributed by atoms with Crippen LogP contribution in [0.25, 0.3) is 0 Å². The first-order valence-electron chi connectivity index (χ1n) is 5.89. The average Bonchev–Trinajstić information content (AvgIpc) is 2.78. The highest BCUT2D eigenvalue weighted by Crippen LogP contribution is 2.38. The number of hydrogen-bond acceptors (Lipinski definition) is 4. The molecule has 2 unspecified atom stereocenters. The van der Waals surface area contributed by atoms with Gasteiger partial charge in [-0.15, -0.1) is 0 Å². The largest absolute Gasteiger partial charge is 0.362 e. The number of hydrogen-bond donors (Lipinski definition) is 1. The molecule has 0 bridgehead atoms. The van der Waals surface area contributed by atoms with Gasteiger partial charge in [0.1, 0.15) is 5.69 Å². The Bertz CT molecular complexity index is 453. The van der Waals surface area contributed by atoms with E-state index in [0.717, 1.165) is 6.42 Å². The van der Waals surface area contributed by atoms with Gasteiger partial charge in [-0.25, -0.2) is 4.68 Å². The van der Waals surface area contributed by atoms with Gasteiger partial charge in [-0.1, -0.05) is 20.8 Å². The third-order valence-corrected chi connectivity index (χ3v) is 3.21. The van der Waals surface area contributed by atoms with Gasteiger partial charge in [-0.3, -0.25) is 10.1 Å². The maximum Gasteiger partial charge on any atom is 0.334 e. The van der Waals surface area contributed by atoms with Crippen LogP contribution in [0.1, 0.15) is 38.8 Å². The van der Waals surface area contributed by atoms with Crippen molar-refractivity contribution >= 4 is 11.5 Å². The van der Waals surface area contributed by atoms with E-state index in [0.29, 0.717) is 23.5 Å². The molecule has 6 heteroatoms. The van der Waals surface area contributed by atoms with Crippen LogP contribution in [0.3, 0.4) is 0 Å². The van der Waals surface area contributed by atoms with E-state index in [1.807, 2.05) is 13.8 Å². The van der Waals surface area contributed by atoms with Gasteiger partial charge >= 0.3 is 5.69 Å². The zero-order valence-electron chi connectivity index (χ0n) is 10.6. The van der Waals surface area contributed by atoms with E-state index in [-0.39, 0.29) is 16.5 Å². The number of anilines is 1. The third-order valence-electron chi connectivity index (χ3n) is 3.21. The Labute approximate surface area is 100 Å². The van der Waals surface area contributed by atoms with E-state index in [1.165, 1.54) is 0 Å². The summed E-state index contributed by atoms with van der Waals surface area (Å²) >= 11 is 0. The van der Waals surface area contributed by atoms with Crippen LogP contribution in [0.4, 0.5) is 11.5 Å². The Hall–Kier alpha value is -1.59. The van der Waals surface area contributed by atoms with Gasteiger partial charge in [-0.2, -0.15) is 5.10 Å². The average molecular weight is 238 g/mol. The molecule has 17 heavy (non-hydrogen) atoms. The third kappa shape index (κ3) is 2.11. The first-order chi connectivity index (χ1) is 7.91. The summed E-state index contributed by atoms with van der Waals surface area (Å²) in [5.74, 6) is 1.17. The lowest BCUT2D eigenvalue weighted by Crippen LogP contribution is -2.09. The van der Waals surface area contributed by atoms with Crippen molar-refractivity contribution in [3.63, 3.8) is 0 Å². The number of aromatic nitrogens is 2. The second-order valence-electron chi connectivity index (χ2n) is 5.08. The molecule has 1 aromatic rings. The lowest BCUT2D eigenvalue weighted by molar-refractivity contribution is -0.384. The zero-order valence-corrected chi connectivity index (χ0v) is 10.6. The number of nitro groups is 1. The molecule has 1 aliphatic rings. The molecular formula is C11H18N4O2. The molecule has 2 rings (SSSR count). The molecule has 1 saturated carbocycles. The fraction of sp³-hybridized carbons (Fsp3) is 0.727. The van der Waals surface area contributed by atoms with Crippen LogP contribution in [0.2, 0.25) is 0 Å². The molecule has 0 aromatic carbocycles. The van der Waals surface area contributed by atoms with Gasteiger partial charge in [0.25, 0.3) is 0 Å². The summed E-state index contributed by atoms with van der Waals surface area (Å²) in [7, 11) is 1.74. The predicted molar refractivity (Wildman–Crippen MR) is 65.1 cm³/mol. The summed E-state index contributed by atoms with van der Waals surface area (Å²) in [5.41, 5.74) is 0.676. The van der Waals surface area contributed by atoms with Crippen molar-refractivity contribution < 1.29 is 4.92 Å². The molecule has 0 aliphatic heterocycles. The van der Waals surface area contributed by atoms with Crippen molar-refractivity contribution in [1.29, 1.82) is 0 Å². The van der Waals surface area contributed by atoms with Gasteiger partial charge < -0.3 is 5.32 Å². The van der Waals surface area contributed by atoms with Crippen LogP contribution in [0.5, 0.6) is 0 Å². The fourth-order valence-corrected chi connectivity index (χ4v) is 1.96. The summed E-state index contributed by atoms with van der Waals surface area (Å²) in [6, 6.07) is 0.351. The van der Waals surface area contributed by atoms with E-state index < -0.39 is 0 Å². The minimum absolute atomic E-state index is 0.0498. The molecule has 0 amide bonds. The van der Waals surface area contributed by atoms with Gasteiger partial charge in [-0.05, 0) is 12.3 Å². The highest BCUT2D eigenvalue weighted by molar-refractivity contribution is 5.61. The van der Waals surface area contributed by atoms with Crippen molar-refractivity contribution in [3.8, 4) is 0 Å². The van der Waals surface area contributed by atoms with E-state index in [4.69, 9.17) is 0 Å². The molecule has 2 atom stereocenters. The van der Waals surface area contributed by atoms with Crippen LogP contribution in [0, 0.1) is 16.0 Å². The molecule has 1 N–H and O–H groups in total. The summed E-state index contributed by atoms with van der Waals surface area (Å²) in [4.78, 5) is 10.8. The minimum atomic E-state index is -0.336. The number of nitrogens with zero attached hydrogens (tertiary/aromatic N) is 3. The molecule has 1 aliphatic carbocycles. The van der Waals surface area contributed by atoms with Crippen molar-refractivity contribution in [1.82, 2.24) is 9.78 Å². The quantitative estimate of drug-likeness (QED) is 0.645. The highest BCUT2D eigenvalue weighted by Gasteiger charge is 2.37. The molecular weight excluding hydrogens is 220 g/mol. The smallest absolute Gasteiger partial charge is 0.334 e. The Morgan fingerprint density at radius 1 is 1.59 bits per heavy atom. The van der Waals surface area contributed by atoms with Crippen LogP contribution in [-0.2, 0) is 7.05 Å². The molecule has 1 heterocycles. The molecule has 94 valence electrons. The van der Waals surface area contributed by atoms with E-state index in [2.05, 4.69) is 17.3 Å². The first kappa shape index (κ1) is 11.9. The van der Waals surface area contributed by atoms with Gasteiger partial charge in [0.2, 0.25) is 5.82 Å². The second kappa shape index (κ2) is 4.01. The SMILES string of the molecule is CC(C)c1nn(C)c(NC2CC2C)c1[N+](=O)[O-]. The Morgan fingerprint density at radius 3 is 2.59 bits per heavy atom. The first-order valence-corrected chi connectivity index (χ1v) is 5.89.